The van der Waals surface area contributed by atoms with E-state index in [0.717, 1.165) is 5.56 Å². The van der Waals surface area contributed by atoms with Gasteiger partial charge in [0.25, 0.3) is 0 Å². The van der Waals surface area contributed by atoms with E-state index < -0.39 is 11.6 Å². The fraction of sp³-hybridized carbons (Fsp3) is 0.417. The summed E-state index contributed by atoms with van der Waals surface area (Å²) < 4.78 is 0. The van der Waals surface area contributed by atoms with Crippen molar-refractivity contribution in [1.82, 2.24) is 0 Å². The van der Waals surface area contributed by atoms with E-state index in [4.69, 9.17) is 0 Å². The molecule has 2 rings (SSSR count). The molecule has 0 aliphatic heterocycles. The lowest BCUT2D eigenvalue weighted by Crippen LogP contribution is -2.44. The van der Waals surface area contributed by atoms with E-state index in [2.05, 4.69) is 0 Å². The quantitative estimate of drug-likeness (QED) is 0.679. The summed E-state index contributed by atoms with van der Waals surface area (Å²) in [4.78, 5) is 11.7. The first-order valence-electron chi connectivity index (χ1n) is 5.15. The molecule has 1 aliphatic rings. The van der Waals surface area contributed by atoms with Gasteiger partial charge in [0, 0.05) is 12.3 Å². The lowest BCUT2D eigenvalue weighted by atomic mass is 9.79. The van der Waals surface area contributed by atoms with Gasteiger partial charge in [0.15, 0.2) is 5.78 Å². The maximum absolute atomic E-state index is 11.7. The summed E-state index contributed by atoms with van der Waals surface area (Å²) in [6.07, 6.45) is 1.51. The highest BCUT2D eigenvalue weighted by atomic mass is 16.5. The number of hydrogen-bond acceptors (Lipinski definition) is 3. The molecular weight excluding hydrogens is 192 g/mol. The Labute approximate surface area is 88.4 Å². The first-order valence-corrected chi connectivity index (χ1v) is 5.15. The zero-order valence-electron chi connectivity index (χ0n) is 8.39. The number of hydrogen-bond donors (Lipinski definition) is 2. The fourth-order valence-corrected chi connectivity index (χ4v) is 2.09. The maximum Gasteiger partial charge on any atom is 0.224 e. The van der Waals surface area contributed by atoms with Gasteiger partial charge in [-0.2, -0.15) is 0 Å². The number of carbonyl (C=O) groups is 1. The fourth-order valence-electron chi connectivity index (χ4n) is 2.09. The van der Waals surface area contributed by atoms with Gasteiger partial charge < -0.3 is 10.2 Å². The van der Waals surface area contributed by atoms with E-state index in [1.807, 2.05) is 30.3 Å². The molecule has 0 aromatic heterocycles. The Bertz CT molecular complexity index is 356. The molecule has 1 aromatic rings. The van der Waals surface area contributed by atoms with Crippen molar-refractivity contribution in [3.63, 3.8) is 0 Å². The minimum absolute atomic E-state index is 0.148. The second-order valence-corrected chi connectivity index (χ2v) is 4.04. The lowest BCUT2D eigenvalue weighted by molar-refractivity contribution is -0.192. The molecule has 3 nitrogen and oxygen atoms in total. The summed E-state index contributed by atoms with van der Waals surface area (Å²) in [5.74, 6) is -2.96. The molecule has 2 N–H and O–H groups in total. The second kappa shape index (κ2) is 3.76. The van der Waals surface area contributed by atoms with Gasteiger partial charge in [-0.1, -0.05) is 30.3 Å². The molecular formula is C12H14O3. The summed E-state index contributed by atoms with van der Waals surface area (Å²) in [7, 11) is 0. The molecule has 1 unspecified atom stereocenters. The average molecular weight is 206 g/mol. The van der Waals surface area contributed by atoms with Gasteiger partial charge in [0.05, 0.1) is 0 Å². The Morgan fingerprint density at radius 3 is 2.53 bits per heavy atom. The SMILES string of the molecule is O=C1C(c2ccccc2)CCCC1(O)O. The van der Waals surface area contributed by atoms with Crippen LogP contribution >= 0.6 is 0 Å². The maximum atomic E-state index is 11.7. The second-order valence-electron chi connectivity index (χ2n) is 4.04. The van der Waals surface area contributed by atoms with Crippen LogP contribution in [-0.4, -0.2) is 21.8 Å². The van der Waals surface area contributed by atoms with Gasteiger partial charge >= 0.3 is 0 Å². The van der Waals surface area contributed by atoms with E-state index in [-0.39, 0.29) is 12.3 Å². The number of benzene rings is 1. The van der Waals surface area contributed by atoms with Crippen molar-refractivity contribution < 1.29 is 15.0 Å². The topological polar surface area (TPSA) is 57.5 Å². The molecule has 1 aromatic carbocycles. The van der Waals surface area contributed by atoms with Crippen LogP contribution in [0.1, 0.15) is 30.7 Å². The summed E-state index contributed by atoms with van der Waals surface area (Å²) in [6, 6.07) is 9.29. The molecule has 1 fully saturated rings. The summed E-state index contributed by atoms with van der Waals surface area (Å²) >= 11 is 0. The third-order valence-corrected chi connectivity index (χ3v) is 2.93. The van der Waals surface area contributed by atoms with Crippen LogP contribution in [0.2, 0.25) is 0 Å². The zero-order chi connectivity index (χ0) is 10.9. The van der Waals surface area contributed by atoms with Crippen molar-refractivity contribution in [1.29, 1.82) is 0 Å². The van der Waals surface area contributed by atoms with Crippen molar-refractivity contribution in [2.75, 3.05) is 0 Å². The van der Waals surface area contributed by atoms with Gasteiger partial charge in [-0.15, -0.1) is 0 Å². The Balaban J connectivity index is 2.27. The van der Waals surface area contributed by atoms with Crippen LogP contribution in [-0.2, 0) is 4.79 Å². The molecule has 0 radical (unpaired) electrons. The number of ketones is 1. The summed E-state index contributed by atoms with van der Waals surface area (Å²) in [6.45, 7) is 0. The van der Waals surface area contributed by atoms with Crippen molar-refractivity contribution in [2.45, 2.75) is 31.0 Å². The summed E-state index contributed by atoms with van der Waals surface area (Å²) in [5, 5.41) is 19.0. The van der Waals surface area contributed by atoms with Crippen molar-refractivity contribution in [3.8, 4) is 0 Å². The molecule has 1 aliphatic carbocycles. The Hall–Kier alpha value is -1.19. The van der Waals surface area contributed by atoms with Gasteiger partial charge in [0.2, 0.25) is 5.79 Å². The molecule has 80 valence electrons. The minimum Gasteiger partial charge on any atom is -0.360 e. The number of Topliss-reactive ketones (excluding diaryl/α,β-unsaturated/α-hetero) is 1. The van der Waals surface area contributed by atoms with E-state index in [0.29, 0.717) is 12.8 Å². The third kappa shape index (κ3) is 1.94. The van der Waals surface area contributed by atoms with E-state index in [9.17, 15) is 15.0 Å². The zero-order valence-corrected chi connectivity index (χ0v) is 8.39. The van der Waals surface area contributed by atoms with Crippen LogP contribution in [0, 0.1) is 0 Å². The highest BCUT2D eigenvalue weighted by Gasteiger charge is 2.41. The van der Waals surface area contributed by atoms with E-state index in [1.165, 1.54) is 0 Å². The number of aliphatic hydroxyl groups is 2. The van der Waals surface area contributed by atoms with Crippen LogP contribution < -0.4 is 0 Å². The van der Waals surface area contributed by atoms with Crippen LogP contribution in [0.25, 0.3) is 0 Å². The molecule has 0 spiro atoms. The van der Waals surface area contributed by atoms with E-state index >= 15 is 0 Å². The van der Waals surface area contributed by atoms with Gasteiger partial charge in [-0.05, 0) is 18.4 Å². The van der Waals surface area contributed by atoms with Crippen molar-refractivity contribution in [2.24, 2.45) is 0 Å². The first kappa shape index (κ1) is 10.3. The normalized spacial score (nSPS) is 25.2. The van der Waals surface area contributed by atoms with Crippen molar-refractivity contribution in [3.05, 3.63) is 35.9 Å². The molecule has 1 atom stereocenters. The third-order valence-electron chi connectivity index (χ3n) is 2.93. The Morgan fingerprint density at radius 1 is 1.20 bits per heavy atom. The lowest BCUT2D eigenvalue weighted by Gasteiger charge is -2.30. The number of rotatable bonds is 1. The van der Waals surface area contributed by atoms with Crippen LogP contribution in [0.3, 0.4) is 0 Å². The molecule has 0 amide bonds. The number of carbonyl (C=O) groups excluding carboxylic acids is 1. The predicted octanol–water partition coefficient (Wildman–Crippen LogP) is 1.20. The largest absolute Gasteiger partial charge is 0.360 e. The molecule has 15 heavy (non-hydrogen) atoms. The minimum atomic E-state index is -2.13. The summed E-state index contributed by atoms with van der Waals surface area (Å²) in [5.41, 5.74) is 0.870. The molecule has 1 saturated carbocycles. The predicted molar refractivity (Wildman–Crippen MR) is 55.2 cm³/mol. The smallest absolute Gasteiger partial charge is 0.224 e. The standard InChI is InChI=1S/C12H14O3/c13-11-10(7-4-8-12(11,14)15)9-5-2-1-3-6-9/h1-3,5-6,10,14-15H,4,7-8H2. The molecule has 3 heteroatoms. The molecule has 0 saturated heterocycles. The Morgan fingerprint density at radius 2 is 1.87 bits per heavy atom. The highest BCUT2D eigenvalue weighted by Crippen LogP contribution is 2.33. The van der Waals surface area contributed by atoms with Gasteiger partial charge in [-0.3, -0.25) is 4.79 Å². The van der Waals surface area contributed by atoms with Gasteiger partial charge in [-0.25, -0.2) is 0 Å². The van der Waals surface area contributed by atoms with Crippen LogP contribution in [0.5, 0.6) is 0 Å². The van der Waals surface area contributed by atoms with Gasteiger partial charge in [0.1, 0.15) is 0 Å². The average Bonchev–Trinajstić information content (AvgIpc) is 2.23. The van der Waals surface area contributed by atoms with Crippen LogP contribution in [0.4, 0.5) is 0 Å². The van der Waals surface area contributed by atoms with Crippen LogP contribution in [0.15, 0.2) is 30.3 Å². The van der Waals surface area contributed by atoms with Crippen molar-refractivity contribution >= 4 is 5.78 Å². The monoisotopic (exact) mass is 206 g/mol. The van der Waals surface area contributed by atoms with E-state index in [1.54, 1.807) is 0 Å². The highest BCUT2D eigenvalue weighted by molar-refractivity contribution is 5.92. The first-order chi connectivity index (χ1) is 7.11. The Kier molecular flexibility index (Phi) is 2.59. The molecule has 0 heterocycles. The molecule has 0 bridgehead atoms.